The summed E-state index contributed by atoms with van der Waals surface area (Å²) < 4.78 is 25.8. The summed E-state index contributed by atoms with van der Waals surface area (Å²) in [6.07, 6.45) is 5.63. The van der Waals surface area contributed by atoms with Crippen molar-refractivity contribution in [2.24, 2.45) is 0 Å². The molecule has 0 amide bonds. The third-order valence-electron chi connectivity index (χ3n) is 5.61. The Morgan fingerprint density at radius 2 is 2.21 bits per heavy atom. The average Bonchev–Trinajstić information content (AvgIpc) is 3.32. The van der Waals surface area contributed by atoms with E-state index in [2.05, 4.69) is 25.5 Å². The second kappa shape index (κ2) is 7.01. The number of aromatic amines is 1. The molecule has 5 rings (SSSR count). The molecule has 0 radical (unpaired) electrons. The number of fused-ring (bicyclic) bond motifs is 4. The number of thiophene rings is 1. The topological polar surface area (TPSA) is 84.9 Å². The SMILES string of the molecule is COC[C@]1(OC)CCc2c(sc3ncnc(Nc4cc5cn[nH]c5cc4F)c23)C1. The lowest BCUT2D eigenvalue weighted by Crippen LogP contribution is -2.41. The highest BCUT2D eigenvalue weighted by atomic mass is 32.1. The Hall–Kier alpha value is -2.62. The summed E-state index contributed by atoms with van der Waals surface area (Å²) in [6, 6.07) is 3.17. The number of aromatic nitrogens is 4. The van der Waals surface area contributed by atoms with E-state index < -0.39 is 0 Å². The lowest BCUT2D eigenvalue weighted by atomic mass is 9.84. The lowest BCUT2D eigenvalue weighted by Gasteiger charge is -2.35. The number of benzene rings is 1. The summed E-state index contributed by atoms with van der Waals surface area (Å²) in [5.74, 6) is 0.252. The Labute approximate surface area is 170 Å². The highest BCUT2D eigenvalue weighted by Crippen LogP contribution is 2.42. The first kappa shape index (κ1) is 18.4. The van der Waals surface area contributed by atoms with E-state index in [0.29, 0.717) is 23.6 Å². The van der Waals surface area contributed by atoms with Crippen molar-refractivity contribution in [3.63, 3.8) is 0 Å². The lowest BCUT2D eigenvalue weighted by molar-refractivity contribution is -0.0714. The first-order chi connectivity index (χ1) is 14.1. The van der Waals surface area contributed by atoms with Crippen LogP contribution in [0.2, 0.25) is 0 Å². The van der Waals surface area contributed by atoms with E-state index in [4.69, 9.17) is 9.47 Å². The number of hydrogen-bond acceptors (Lipinski definition) is 7. The number of rotatable bonds is 5. The Morgan fingerprint density at radius 3 is 3.03 bits per heavy atom. The Morgan fingerprint density at radius 1 is 1.31 bits per heavy atom. The second-order valence-electron chi connectivity index (χ2n) is 7.32. The first-order valence-corrected chi connectivity index (χ1v) is 10.1. The van der Waals surface area contributed by atoms with Crippen molar-refractivity contribution in [1.29, 1.82) is 0 Å². The molecular weight excluding hydrogens is 393 g/mol. The van der Waals surface area contributed by atoms with Gasteiger partial charge in [-0.1, -0.05) is 0 Å². The maximum Gasteiger partial charge on any atom is 0.148 e. The van der Waals surface area contributed by atoms with Crippen molar-refractivity contribution in [1.82, 2.24) is 20.2 Å². The van der Waals surface area contributed by atoms with Crippen molar-refractivity contribution < 1.29 is 13.9 Å². The number of methoxy groups -OCH3 is 2. The van der Waals surface area contributed by atoms with Gasteiger partial charge in [0.1, 0.15) is 22.8 Å². The molecule has 0 saturated heterocycles. The van der Waals surface area contributed by atoms with Crippen LogP contribution in [0.3, 0.4) is 0 Å². The van der Waals surface area contributed by atoms with Crippen LogP contribution in [0.25, 0.3) is 21.1 Å². The normalized spacial score (nSPS) is 19.0. The van der Waals surface area contributed by atoms with Gasteiger partial charge in [-0.2, -0.15) is 5.10 Å². The summed E-state index contributed by atoms with van der Waals surface area (Å²) in [5.41, 5.74) is 1.91. The molecule has 0 fully saturated rings. The number of nitrogens with one attached hydrogen (secondary N) is 2. The number of H-pyrrole nitrogens is 1. The van der Waals surface area contributed by atoms with Gasteiger partial charge in [0.15, 0.2) is 0 Å². The molecule has 0 spiro atoms. The molecule has 3 heterocycles. The Balaban J connectivity index is 1.56. The van der Waals surface area contributed by atoms with E-state index in [1.165, 1.54) is 22.8 Å². The molecule has 29 heavy (non-hydrogen) atoms. The van der Waals surface area contributed by atoms with Gasteiger partial charge in [0, 0.05) is 37.0 Å². The average molecular weight is 413 g/mol. The van der Waals surface area contributed by atoms with Gasteiger partial charge >= 0.3 is 0 Å². The van der Waals surface area contributed by atoms with Gasteiger partial charge in [-0.15, -0.1) is 11.3 Å². The minimum Gasteiger partial charge on any atom is -0.382 e. The fourth-order valence-electron chi connectivity index (χ4n) is 4.08. The second-order valence-corrected chi connectivity index (χ2v) is 8.40. The van der Waals surface area contributed by atoms with Crippen LogP contribution >= 0.6 is 11.3 Å². The van der Waals surface area contributed by atoms with E-state index in [1.807, 2.05) is 0 Å². The quantitative estimate of drug-likeness (QED) is 0.515. The number of aryl methyl sites for hydroxylation is 1. The number of nitrogens with zero attached hydrogens (tertiary/aromatic N) is 3. The molecule has 3 aromatic heterocycles. The van der Waals surface area contributed by atoms with Gasteiger partial charge in [0.2, 0.25) is 0 Å². The van der Waals surface area contributed by atoms with E-state index >= 15 is 0 Å². The largest absolute Gasteiger partial charge is 0.382 e. The number of halogens is 1. The van der Waals surface area contributed by atoms with Crippen LogP contribution < -0.4 is 5.32 Å². The minimum atomic E-state index is -0.365. The summed E-state index contributed by atoms with van der Waals surface area (Å²) in [4.78, 5) is 11.0. The molecule has 1 aliphatic carbocycles. The molecule has 0 aliphatic heterocycles. The maximum atomic E-state index is 14.6. The molecular formula is C20H20FN5O2S. The van der Waals surface area contributed by atoms with E-state index in [9.17, 15) is 4.39 Å². The molecule has 1 aliphatic rings. The monoisotopic (exact) mass is 413 g/mol. The van der Waals surface area contributed by atoms with Crippen LogP contribution in [0.5, 0.6) is 0 Å². The number of ether oxygens (including phenoxy) is 2. The van der Waals surface area contributed by atoms with Gasteiger partial charge in [0.05, 0.1) is 35.0 Å². The van der Waals surface area contributed by atoms with Gasteiger partial charge in [-0.25, -0.2) is 14.4 Å². The molecule has 4 aromatic rings. The summed E-state index contributed by atoms with van der Waals surface area (Å²) in [6.45, 7) is 0.546. The molecule has 0 unspecified atom stereocenters. The standard InChI is InChI=1S/C20H20FN5O2S/c1-27-9-20(28-2)4-3-12-16(7-20)29-19-17(12)18(22-10-23-19)25-15-5-11-8-24-26-14(11)6-13(15)21/h5-6,8,10H,3-4,7,9H2,1-2H3,(H,24,26)(H,22,23,25)/t20-/m0/s1. The fraction of sp³-hybridized carbons (Fsp3) is 0.350. The molecule has 150 valence electrons. The molecule has 1 atom stereocenters. The first-order valence-electron chi connectivity index (χ1n) is 9.31. The van der Waals surface area contributed by atoms with E-state index in [0.717, 1.165) is 34.9 Å². The molecule has 1 aromatic carbocycles. The van der Waals surface area contributed by atoms with Crippen LogP contribution in [-0.2, 0) is 22.3 Å². The highest BCUT2D eigenvalue weighted by molar-refractivity contribution is 7.19. The van der Waals surface area contributed by atoms with Crippen molar-refractivity contribution in [3.05, 3.63) is 40.9 Å². The van der Waals surface area contributed by atoms with Crippen molar-refractivity contribution >= 4 is 44.0 Å². The molecule has 9 heteroatoms. The van der Waals surface area contributed by atoms with E-state index in [1.54, 1.807) is 37.8 Å². The van der Waals surface area contributed by atoms with Crippen molar-refractivity contribution in [2.75, 3.05) is 26.1 Å². The molecule has 2 N–H and O–H groups in total. The zero-order valence-electron chi connectivity index (χ0n) is 16.1. The summed E-state index contributed by atoms with van der Waals surface area (Å²) in [7, 11) is 3.43. The van der Waals surface area contributed by atoms with Crippen molar-refractivity contribution in [3.8, 4) is 0 Å². The molecule has 0 bridgehead atoms. The zero-order valence-corrected chi connectivity index (χ0v) is 16.9. The molecule has 0 saturated carbocycles. The summed E-state index contributed by atoms with van der Waals surface area (Å²) in [5, 5.41) is 11.7. The predicted molar refractivity (Wildman–Crippen MR) is 110 cm³/mol. The highest BCUT2D eigenvalue weighted by Gasteiger charge is 2.37. The van der Waals surface area contributed by atoms with Crippen molar-refractivity contribution in [2.45, 2.75) is 24.9 Å². The Kier molecular flexibility index (Phi) is 4.45. The number of anilines is 2. The fourth-order valence-corrected chi connectivity index (χ4v) is 5.40. The predicted octanol–water partition coefficient (Wildman–Crippen LogP) is 3.97. The zero-order chi connectivity index (χ0) is 20.0. The third kappa shape index (κ3) is 3.06. The van der Waals surface area contributed by atoms with Gasteiger partial charge in [-0.05, 0) is 24.5 Å². The van der Waals surface area contributed by atoms with Crippen LogP contribution in [0.15, 0.2) is 24.7 Å². The molecule has 7 nitrogen and oxygen atoms in total. The number of hydrogen-bond donors (Lipinski definition) is 2. The maximum absolute atomic E-state index is 14.6. The minimum absolute atomic E-state index is 0.317. The van der Waals surface area contributed by atoms with Crippen LogP contribution in [0.1, 0.15) is 16.9 Å². The third-order valence-corrected chi connectivity index (χ3v) is 6.75. The van der Waals surface area contributed by atoms with E-state index in [-0.39, 0.29) is 11.4 Å². The van der Waals surface area contributed by atoms with Crippen LogP contribution in [0.4, 0.5) is 15.9 Å². The van der Waals surface area contributed by atoms with Gasteiger partial charge in [0.25, 0.3) is 0 Å². The Bertz CT molecular complexity index is 1210. The smallest absolute Gasteiger partial charge is 0.148 e. The van der Waals surface area contributed by atoms with Crippen LogP contribution in [0, 0.1) is 5.82 Å². The summed E-state index contributed by atoms with van der Waals surface area (Å²) >= 11 is 1.64. The van der Waals surface area contributed by atoms with Gasteiger partial charge in [-0.3, -0.25) is 5.10 Å². The van der Waals surface area contributed by atoms with Crippen LogP contribution in [-0.4, -0.2) is 46.6 Å². The van der Waals surface area contributed by atoms with Gasteiger partial charge < -0.3 is 14.8 Å².